The molecule has 0 radical (unpaired) electrons. The molecule has 0 atom stereocenters. The monoisotopic (exact) mass is 300 g/mol. The molecule has 118 valence electrons. The van der Waals surface area contributed by atoms with E-state index < -0.39 is 11.7 Å². The molecule has 1 saturated heterocycles. The highest BCUT2D eigenvalue weighted by Crippen LogP contribution is 2.29. The van der Waals surface area contributed by atoms with Gasteiger partial charge in [-0.05, 0) is 63.5 Å². The van der Waals surface area contributed by atoms with Gasteiger partial charge in [-0.25, -0.2) is 0 Å². The van der Waals surface area contributed by atoms with E-state index >= 15 is 0 Å². The van der Waals surface area contributed by atoms with Gasteiger partial charge in [0.05, 0.1) is 5.56 Å². The van der Waals surface area contributed by atoms with Gasteiger partial charge in [0, 0.05) is 6.54 Å². The Hall–Kier alpha value is -1.07. The Morgan fingerprint density at radius 2 is 1.95 bits per heavy atom. The summed E-state index contributed by atoms with van der Waals surface area (Å²) < 4.78 is 37.8. The van der Waals surface area contributed by atoms with Gasteiger partial charge in [-0.15, -0.1) is 0 Å². The number of halogens is 3. The van der Waals surface area contributed by atoms with Gasteiger partial charge in [-0.3, -0.25) is 0 Å². The molecular weight excluding hydrogens is 277 g/mol. The summed E-state index contributed by atoms with van der Waals surface area (Å²) in [4.78, 5) is 2.34. The van der Waals surface area contributed by atoms with Crippen molar-refractivity contribution in [3.05, 3.63) is 35.4 Å². The van der Waals surface area contributed by atoms with Gasteiger partial charge in [-0.1, -0.05) is 18.2 Å². The lowest BCUT2D eigenvalue weighted by atomic mass is 9.94. The van der Waals surface area contributed by atoms with Crippen molar-refractivity contribution in [3.8, 4) is 0 Å². The topological polar surface area (TPSA) is 15.3 Å². The van der Waals surface area contributed by atoms with Crippen molar-refractivity contribution in [3.63, 3.8) is 0 Å². The first-order chi connectivity index (χ1) is 9.95. The predicted octanol–water partition coefficient (Wildman–Crippen LogP) is 3.53. The zero-order valence-electron chi connectivity index (χ0n) is 12.4. The number of likely N-dealkylation sites (tertiary alicyclic amines) is 1. The van der Waals surface area contributed by atoms with Gasteiger partial charge in [0.15, 0.2) is 0 Å². The fourth-order valence-corrected chi connectivity index (χ4v) is 2.75. The molecule has 0 spiro atoms. The molecule has 5 heteroatoms. The van der Waals surface area contributed by atoms with Crippen LogP contribution in [0.4, 0.5) is 13.2 Å². The maximum Gasteiger partial charge on any atom is 0.416 e. The Morgan fingerprint density at radius 1 is 1.24 bits per heavy atom. The van der Waals surface area contributed by atoms with Crippen molar-refractivity contribution in [1.82, 2.24) is 10.2 Å². The summed E-state index contributed by atoms with van der Waals surface area (Å²) in [5, 5.41) is 3.26. The number of nitrogens with zero attached hydrogens (tertiary/aromatic N) is 1. The summed E-state index contributed by atoms with van der Waals surface area (Å²) in [6, 6.07) is 5.54. The normalized spacial score (nSPS) is 18.1. The average molecular weight is 300 g/mol. The highest BCUT2D eigenvalue weighted by atomic mass is 19.4. The molecule has 1 fully saturated rings. The smallest absolute Gasteiger partial charge is 0.313 e. The fraction of sp³-hybridized carbons (Fsp3) is 0.625. The molecule has 0 aromatic heterocycles. The number of rotatable bonds is 5. The van der Waals surface area contributed by atoms with Crippen molar-refractivity contribution in [2.45, 2.75) is 32.0 Å². The average Bonchev–Trinajstić information content (AvgIpc) is 2.45. The second-order valence-corrected chi connectivity index (χ2v) is 5.91. The molecule has 0 aliphatic carbocycles. The van der Waals surface area contributed by atoms with Crippen LogP contribution in [-0.4, -0.2) is 31.6 Å². The van der Waals surface area contributed by atoms with Gasteiger partial charge in [0.25, 0.3) is 0 Å². The SMILES string of the molecule is CN1CCC(CCNCc2cccc(C(F)(F)F)c2)CC1. The number of piperidine rings is 1. The van der Waals surface area contributed by atoms with Crippen LogP contribution in [0.2, 0.25) is 0 Å². The second-order valence-electron chi connectivity index (χ2n) is 5.91. The third-order valence-electron chi connectivity index (χ3n) is 4.15. The lowest BCUT2D eigenvalue weighted by Gasteiger charge is -2.28. The van der Waals surface area contributed by atoms with Crippen molar-refractivity contribution < 1.29 is 13.2 Å². The van der Waals surface area contributed by atoms with E-state index in [2.05, 4.69) is 17.3 Å². The van der Waals surface area contributed by atoms with Crippen LogP contribution in [0.5, 0.6) is 0 Å². The highest BCUT2D eigenvalue weighted by molar-refractivity contribution is 5.25. The third kappa shape index (κ3) is 5.32. The fourth-order valence-electron chi connectivity index (χ4n) is 2.75. The van der Waals surface area contributed by atoms with Crippen LogP contribution < -0.4 is 5.32 Å². The van der Waals surface area contributed by atoms with Crippen molar-refractivity contribution in [2.24, 2.45) is 5.92 Å². The Bertz CT molecular complexity index is 437. The first-order valence-electron chi connectivity index (χ1n) is 7.50. The third-order valence-corrected chi connectivity index (χ3v) is 4.15. The number of hydrogen-bond donors (Lipinski definition) is 1. The van der Waals surface area contributed by atoms with Crippen LogP contribution >= 0.6 is 0 Å². The van der Waals surface area contributed by atoms with Crippen LogP contribution in [-0.2, 0) is 12.7 Å². The first kappa shape index (κ1) is 16.3. The van der Waals surface area contributed by atoms with E-state index in [1.165, 1.54) is 25.0 Å². The Labute approximate surface area is 124 Å². The molecule has 0 saturated carbocycles. The van der Waals surface area contributed by atoms with Crippen LogP contribution in [0.1, 0.15) is 30.4 Å². The molecule has 0 amide bonds. The molecule has 1 aromatic rings. The Balaban J connectivity index is 1.71. The maximum atomic E-state index is 12.6. The first-order valence-corrected chi connectivity index (χ1v) is 7.50. The molecule has 1 aliphatic heterocycles. The summed E-state index contributed by atoms with van der Waals surface area (Å²) in [5.74, 6) is 0.746. The molecule has 1 N–H and O–H groups in total. The molecule has 1 aliphatic rings. The minimum Gasteiger partial charge on any atom is -0.313 e. The van der Waals surface area contributed by atoms with Crippen LogP contribution in [0.25, 0.3) is 0 Å². The molecule has 1 aromatic carbocycles. The van der Waals surface area contributed by atoms with Crippen molar-refractivity contribution in [1.29, 1.82) is 0 Å². The van der Waals surface area contributed by atoms with Crippen LogP contribution in [0.3, 0.4) is 0 Å². The van der Waals surface area contributed by atoms with E-state index in [9.17, 15) is 13.2 Å². The predicted molar refractivity (Wildman–Crippen MR) is 78.0 cm³/mol. The lowest BCUT2D eigenvalue weighted by molar-refractivity contribution is -0.137. The highest BCUT2D eigenvalue weighted by Gasteiger charge is 2.30. The summed E-state index contributed by atoms with van der Waals surface area (Å²) in [6.45, 7) is 3.66. The number of alkyl halides is 3. The molecular formula is C16H23F3N2. The van der Waals surface area contributed by atoms with Crippen molar-refractivity contribution in [2.75, 3.05) is 26.7 Å². The zero-order valence-corrected chi connectivity index (χ0v) is 12.4. The summed E-state index contributed by atoms with van der Waals surface area (Å²) in [6.07, 6.45) is -0.708. The van der Waals surface area contributed by atoms with E-state index in [0.29, 0.717) is 12.1 Å². The van der Waals surface area contributed by atoms with E-state index in [1.807, 2.05) is 0 Å². The molecule has 1 heterocycles. The van der Waals surface area contributed by atoms with Crippen LogP contribution in [0.15, 0.2) is 24.3 Å². The Morgan fingerprint density at radius 3 is 2.62 bits per heavy atom. The molecule has 0 bridgehead atoms. The van der Waals surface area contributed by atoms with Gasteiger partial charge < -0.3 is 10.2 Å². The van der Waals surface area contributed by atoms with E-state index in [-0.39, 0.29) is 0 Å². The number of nitrogens with one attached hydrogen (secondary N) is 1. The minimum absolute atomic E-state index is 0.497. The zero-order chi connectivity index (χ0) is 15.3. The largest absolute Gasteiger partial charge is 0.416 e. The number of hydrogen-bond acceptors (Lipinski definition) is 2. The van der Waals surface area contributed by atoms with E-state index in [4.69, 9.17) is 0 Å². The summed E-state index contributed by atoms with van der Waals surface area (Å²) in [5.41, 5.74) is 0.116. The van der Waals surface area contributed by atoms with Crippen molar-refractivity contribution >= 4 is 0 Å². The number of benzene rings is 1. The van der Waals surface area contributed by atoms with Gasteiger partial charge in [0.1, 0.15) is 0 Å². The van der Waals surface area contributed by atoms with E-state index in [0.717, 1.165) is 38.0 Å². The quantitative estimate of drug-likeness (QED) is 0.837. The van der Waals surface area contributed by atoms with Crippen LogP contribution in [0, 0.1) is 5.92 Å². The van der Waals surface area contributed by atoms with Gasteiger partial charge in [0.2, 0.25) is 0 Å². The second kappa shape index (κ2) is 7.27. The standard InChI is InChI=1S/C16H23F3N2/c1-21-9-6-13(7-10-21)5-8-20-12-14-3-2-4-15(11-14)16(17,18)19/h2-4,11,13,20H,5-10,12H2,1H3. The molecule has 21 heavy (non-hydrogen) atoms. The Kier molecular flexibility index (Phi) is 5.65. The molecule has 0 unspecified atom stereocenters. The van der Waals surface area contributed by atoms with Gasteiger partial charge >= 0.3 is 6.18 Å². The lowest BCUT2D eigenvalue weighted by Crippen LogP contribution is -2.31. The molecule has 2 rings (SSSR count). The molecule has 2 nitrogen and oxygen atoms in total. The maximum absolute atomic E-state index is 12.6. The summed E-state index contributed by atoms with van der Waals surface area (Å²) in [7, 11) is 2.14. The summed E-state index contributed by atoms with van der Waals surface area (Å²) >= 11 is 0. The minimum atomic E-state index is -4.26. The van der Waals surface area contributed by atoms with E-state index in [1.54, 1.807) is 6.07 Å². The van der Waals surface area contributed by atoms with Gasteiger partial charge in [-0.2, -0.15) is 13.2 Å².